The molecule has 3 atom stereocenters. The zero-order valence-corrected chi connectivity index (χ0v) is 13.6. The summed E-state index contributed by atoms with van der Waals surface area (Å²) in [5, 5.41) is 6.09. The monoisotopic (exact) mass is 322 g/mol. The van der Waals surface area contributed by atoms with Crippen LogP contribution in [0.4, 0.5) is 0 Å². The number of nitrogens with two attached hydrogens (primary N) is 1. The van der Waals surface area contributed by atoms with Crippen LogP contribution in [0.5, 0.6) is 0 Å². The highest BCUT2D eigenvalue weighted by Gasteiger charge is 2.64. The lowest BCUT2D eigenvalue weighted by Gasteiger charge is -2.25. The Morgan fingerprint density at radius 1 is 1.21 bits per heavy atom. The molecule has 2 aromatic carbocycles. The Kier molecular flexibility index (Phi) is 2.89. The fourth-order valence-electron chi connectivity index (χ4n) is 4.38. The van der Waals surface area contributed by atoms with E-state index in [1.807, 2.05) is 0 Å². The number of hydrogen-bond acceptors (Lipinski definition) is 4. The molecule has 1 unspecified atom stereocenters. The van der Waals surface area contributed by atoms with Gasteiger partial charge < -0.3 is 15.8 Å². The molecule has 1 heterocycles. The quantitative estimate of drug-likeness (QED) is 0.846. The SMILES string of the molecule is NC1(C(=O)OCC2NC[C@H]3C[C@@]23c2ccc3ccccc3c2)CC1. The fourth-order valence-corrected chi connectivity index (χ4v) is 4.38. The van der Waals surface area contributed by atoms with Gasteiger partial charge in [-0.25, -0.2) is 0 Å². The number of hydrogen-bond donors (Lipinski definition) is 2. The molecule has 4 nitrogen and oxygen atoms in total. The average Bonchev–Trinajstić information content (AvgIpc) is 3.51. The molecule has 2 aromatic rings. The molecule has 3 N–H and O–H groups in total. The number of fused-ring (bicyclic) bond motifs is 2. The maximum Gasteiger partial charge on any atom is 0.326 e. The van der Waals surface area contributed by atoms with Crippen molar-refractivity contribution in [2.75, 3.05) is 13.2 Å². The Balaban J connectivity index is 1.40. The molecule has 0 radical (unpaired) electrons. The number of carbonyl (C=O) groups is 1. The van der Waals surface area contributed by atoms with E-state index in [1.54, 1.807) is 0 Å². The average molecular weight is 322 g/mol. The van der Waals surface area contributed by atoms with Crippen molar-refractivity contribution >= 4 is 16.7 Å². The van der Waals surface area contributed by atoms with Gasteiger partial charge in [-0.1, -0.05) is 42.5 Å². The first kappa shape index (κ1) is 14.4. The van der Waals surface area contributed by atoms with E-state index in [9.17, 15) is 4.79 Å². The first-order valence-electron chi connectivity index (χ1n) is 8.81. The maximum absolute atomic E-state index is 12.0. The van der Waals surface area contributed by atoms with E-state index in [4.69, 9.17) is 10.5 Å². The van der Waals surface area contributed by atoms with E-state index in [1.165, 1.54) is 22.8 Å². The molecule has 0 aromatic heterocycles. The van der Waals surface area contributed by atoms with Gasteiger partial charge in [-0.15, -0.1) is 0 Å². The number of rotatable bonds is 4. The molecule has 0 bridgehead atoms. The molecule has 24 heavy (non-hydrogen) atoms. The Hall–Kier alpha value is -1.91. The van der Waals surface area contributed by atoms with Gasteiger partial charge >= 0.3 is 5.97 Å². The number of ether oxygens (including phenoxy) is 1. The predicted molar refractivity (Wildman–Crippen MR) is 92.6 cm³/mol. The number of benzene rings is 2. The normalized spacial score (nSPS) is 32.4. The number of esters is 1. The van der Waals surface area contributed by atoms with E-state index in [0.717, 1.165) is 19.4 Å². The van der Waals surface area contributed by atoms with Crippen LogP contribution in [0.1, 0.15) is 24.8 Å². The summed E-state index contributed by atoms with van der Waals surface area (Å²) in [6, 6.07) is 15.4. The zero-order valence-electron chi connectivity index (χ0n) is 13.6. The van der Waals surface area contributed by atoms with Crippen LogP contribution in [0.3, 0.4) is 0 Å². The second-order valence-corrected chi connectivity index (χ2v) is 7.72. The minimum Gasteiger partial charge on any atom is -0.463 e. The fraction of sp³-hybridized carbons (Fsp3) is 0.450. The van der Waals surface area contributed by atoms with E-state index in [-0.39, 0.29) is 17.4 Å². The zero-order chi connectivity index (χ0) is 16.4. The van der Waals surface area contributed by atoms with Crippen LogP contribution in [0, 0.1) is 5.92 Å². The van der Waals surface area contributed by atoms with Gasteiger partial charge in [-0.05, 0) is 48.1 Å². The molecular weight excluding hydrogens is 300 g/mol. The maximum atomic E-state index is 12.0. The highest BCUT2D eigenvalue weighted by molar-refractivity contribution is 5.84. The van der Waals surface area contributed by atoms with Gasteiger partial charge in [-0.2, -0.15) is 0 Å². The van der Waals surface area contributed by atoms with Crippen molar-refractivity contribution in [2.45, 2.75) is 36.3 Å². The van der Waals surface area contributed by atoms with Gasteiger partial charge in [0.1, 0.15) is 12.1 Å². The summed E-state index contributed by atoms with van der Waals surface area (Å²) in [5.41, 5.74) is 6.72. The molecule has 2 aliphatic carbocycles. The molecule has 4 heteroatoms. The Morgan fingerprint density at radius 3 is 2.75 bits per heavy atom. The van der Waals surface area contributed by atoms with Crippen molar-refractivity contribution in [3.8, 4) is 0 Å². The van der Waals surface area contributed by atoms with Gasteiger partial charge in [0.15, 0.2) is 0 Å². The van der Waals surface area contributed by atoms with Crippen LogP contribution in [-0.4, -0.2) is 30.7 Å². The lowest BCUT2D eigenvalue weighted by atomic mass is 9.87. The molecule has 0 spiro atoms. The van der Waals surface area contributed by atoms with Crippen LogP contribution in [0.2, 0.25) is 0 Å². The number of nitrogens with one attached hydrogen (secondary N) is 1. The summed E-state index contributed by atoms with van der Waals surface area (Å²) < 4.78 is 5.56. The Morgan fingerprint density at radius 2 is 2.00 bits per heavy atom. The summed E-state index contributed by atoms with van der Waals surface area (Å²) in [6.45, 7) is 1.42. The van der Waals surface area contributed by atoms with Gasteiger partial charge in [0.2, 0.25) is 0 Å². The van der Waals surface area contributed by atoms with E-state index < -0.39 is 5.54 Å². The van der Waals surface area contributed by atoms with Gasteiger partial charge in [0.25, 0.3) is 0 Å². The predicted octanol–water partition coefficient (Wildman–Crippen LogP) is 2.10. The van der Waals surface area contributed by atoms with E-state index >= 15 is 0 Å². The molecular formula is C20H22N2O2. The van der Waals surface area contributed by atoms with Crippen molar-refractivity contribution in [2.24, 2.45) is 11.7 Å². The highest BCUT2D eigenvalue weighted by atomic mass is 16.5. The van der Waals surface area contributed by atoms with Gasteiger partial charge in [-0.3, -0.25) is 4.79 Å². The van der Waals surface area contributed by atoms with Crippen LogP contribution >= 0.6 is 0 Å². The third-order valence-corrected chi connectivity index (χ3v) is 6.25. The van der Waals surface area contributed by atoms with Crippen molar-refractivity contribution in [3.63, 3.8) is 0 Å². The summed E-state index contributed by atoms with van der Waals surface area (Å²) in [6.07, 6.45) is 2.68. The summed E-state index contributed by atoms with van der Waals surface area (Å²) >= 11 is 0. The van der Waals surface area contributed by atoms with Crippen LogP contribution in [-0.2, 0) is 14.9 Å². The minimum atomic E-state index is -0.697. The van der Waals surface area contributed by atoms with Gasteiger partial charge in [0.05, 0.1) is 6.04 Å². The number of carbonyl (C=O) groups excluding carboxylic acids is 1. The largest absolute Gasteiger partial charge is 0.463 e. The third kappa shape index (κ3) is 2.03. The lowest BCUT2D eigenvalue weighted by Crippen LogP contribution is -2.42. The summed E-state index contributed by atoms with van der Waals surface area (Å²) in [4.78, 5) is 12.0. The van der Waals surface area contributed by atoms with Crippen molar-refractivity contribution < 1.29 is 9.53 Å². The molecule has 3 aliphatic rings. The van der Waals surface area contributed by atoms with E-state index in [0.29, 0.717) is 12.5 Å². The lowest BCUT2D eigenvalue weighted by molar-refractivity contribution is -0.147. The third-order valence-electron chi connectivity index (χ3n) is 6.25. The summed E-state index contributed by atoms with van der Waals surface area (Å²) in [5.74, 6) is 0.414. The molecule has 1 saturated heterocycles. The minimum absolute atomic E-state index is 0.121. The second kappa shape index (κ2) is 4.80. The molecule has 2 saturated carbocycles. The first-order valence-corrected chi connectivity index (χ1v) is 8.81. The van der Waals surface area contributed by atoms with Crippen molar-refractivity contribution in [1.82, 2.24) is 5.32 Å². The Labute approximate surface area is 141 Å². The molecule has 3 fully saturated rings. The van der Waals surface area contributed by atoms with Crippen molar-refractivity contribution in [3.05, 3.63) is 48.0 Å². The highest BCUT2D eigenvalue weighted by Crippen LogP contribution is 2.60. The molecule has 124 valence electrons. The molecule has 0 amide bonds. The van der Waals surface area contributed by atoms with Crippen LogP contribution < -0.4 is 11.1 Å². The second-order valence-electron chi connectivity index (χ2n) is 7.72. The van der Waals surface area contributed by atoms with Crippen LogP contribution in [0.15, 0.2) is 42.5 Å². The first-order chi connectivity index (χ1) is 11.6. The van der Waals surface area contributed by atoms with Gasteiger partial charge in [0, 0.05) is 5.41 Å². The standard InChI is InChI=1S/C20H22N2O2/c21-19(7-8-19)18(23)24-12-17-20(10-16(20)11-22-17)15-6-5-13-3-1-2-4-14(13)9-15/h1-6,9,16-17,22H,7-8,10-12,21H2/t16-,17?,20+/m1/s1. The topological polar surface area (TPSA) is 64.4 Å². The van der Waals surface area contributed by atoms with Crippen LogP contribution in [0.25, 0.3) is 10.8 Å². The van der Waals surface area contributed by atoms with Crippen molar-refractivity contribution in [1.29, 1.82) is 0 Å². The van der Waals surface area contributed by atoms with E-state index in [2.05, 4.69) is 47.8 Å². The number of piperidine rings is 1. The molecule has 5 rings (SSSR count). The summed E-state index contributed by atoms with van der Waals surface area (Å²) in [7, 11) is 0. The smallest absolute Gasteiger partial charge is 0.326 e. The molecule has 1 aliphatic heterocycles. The Bertz CT molecular complexity index is 829.